The van der Waals surface area contributed by atoms with E-state index in [2.05, 4.69) is 10.3 Å². The van der Waals surface area contributed by atoms with Gasteiger partial charge in [0, 0.05) is 11.8 Å². The number of anilines is 1. The molecule has 1 heterocycles. The second kappa shape index (κ2) is 4.87. The van der Waals surface area contributed by atoms with E-state index in [1.165, 1.54) is 25.1 Å². The molecule has 3 nitrogen and oxygen atoms in total. The smallest absolute Gasteiger partial charge is 0.319 e. The first-order valence-electron chi connectivity index (χ1n) is 5.67. The van der Waals surface area contributed by atoms with E-state index < -0.39 is 24.1 Å². The molecule has 0 aliphatic rings. The summed E-state index contributed by atoms with van der Waals surface area (Å²) in [4.78, 5) is 15.1. The summed E-state index contributed by atoms with van der Waals surface area (Å²) in [6.07, 6.45) is 0.559. The summed E-state index contributed by atoms with van der Waals surface area (Å²) in [5, 5.41) is 2.50. The van der Waals surface area contributed by atoms with Crippen molar-refractivity contribution in [3.05, 3.63) is 36.3 Å². The van der Waals surface area contributed by atoms with E-state index in [9.17, 15) is 18.0 Å². The van der Waals surface area contributed by atoms with E-state index >= 15 is 0 Å². The number of pyridine rings is 1. The summed E-state index contributed by atoms with van der Waals surface area (Å²) < 4.78 is 39.6. The van der Waals surface area contributed by atoms with Gasteiger partial charge in [0.1, 0.15) is 11.3 Å². The highest BCUT2D eigenvalue weighted by Gasteiger charge is 2.36. The number of nitrogens with zero attached hydrogens (tertiary/aromatic N) is 1. The fourth-order valence-corrected chi connectivity index (χ4v) is 1.58. The third kappa shape index (κ3) is 2.67. The third-order valence-electron chi connectivity index (χ3n) is 2.70. The Hall–Kier alpha value is -2.11. The molecule has 1 aromatic carbocycles. The molecule has 0 radical (unpaired) electrons. The quantitative estimate of drug-likeness (QED) is 0.927. The number of rotatable bonds is 3. The van der Waals surface area contributed by atoms with E-state index in [-0.39, 0.29) is 11.2 Å². The topological polar surface area (TPSA) is 42.0 Å². The maximum absolute atomic E-state index is 13.4. The zero-order valence-electron chi connectivity index (χ0n) is 10.1. The van der Waals surface area contributed by atoms with Gasteiger partial charge in [0.2, 0.25) is 0 Å². The first-order chi connectivity index (χ1) is 8.94. The van der Waals surface area contributed by atoms with Crippen molar-refractivity contribution in [1.29, 1.82) is 0 Å². The van der Waals surface area contributed by atoms with Crippen LogP contribution in [0.3, 0.4) is 0 Å². The lowest BCUT2D eigenvalue weighted by Crippen LogP contribution is -2.33. The van der Waals surface area contributed by atoms with Gasteiger partial charge >= 0.3 is 5.92 Å². The molecule has 1 aromatic heterocycles. The molecule has 0 bridgehead atoms. The first-order valence-corrected chi connectivity index (χ1v) is 5.67. The van der Waals surface area contributed by atoms with Gasteiger partial charge in [-0.15, -0.1) is 0 Å². The van der Waals surface area contributed by atoms with Crippen molar-refractivity contribution < 1.29 is 18.0 Å². The van der Waals surface area contributed by atoms with Gasteiger partial charge in [0.05, 0.1) is 11.9 Å². The average Bonchev–Trinajstić information content (AvgIpc) is 2.38. The minimum absolute atomic E-state index is 0.108. The van der Waals surface area contributed by atoms with Crippen molar-refractivity contribution in [1.82, 2.24) is 4.98 Å². The summed E-state index contributed by atoms with van der Waals surface area (Å²) >= 11 is 0. The zero-order chi connectivity index (χ0) is 14.0. The molecule has 2 aromatic rings. The summed E-state index contributed by atoms with van der Waals surface area (Å²) in [6, 6.07) is 5.71. The maximum Gasteiger partial charge on any atom is 0.324 e. The Balaban J connectivity index is 2.30. The number of alkyl halides is 2. The Morgan fingerprint density at radius 2 is 2.16 bits per heavy atom. The van der Waals surface area contributed by atoms with Crippen LogP contribution in [0, 0.1) is 5.82 Å². The number of para-hydroxylation sites is 1. The van der Waals surface area contributed by atoms with Crippen LogP contribution in [-0.4, -0.2) is 16.8 Å². The van der Waals surface area contributed by atoms with Gasteiger partial charge in [0.25, 0.3) is 5.91 Å². The predicted octanol–water partition coefficient (Wildman–Crippen LogP) is 3.36. The molecule has 100 valence electrons. The number of hydrogen-bond acceptors (Lipinski definition) is 2. The fourth-order valence-electron chi connectivity index (χ4n) is 1.58. The lowest BCUT2D eigenvalue weighted by atomic mass is 10.2. The third-order valence-corrected chi connectivity index (χ3v) is 2.70. The number of fused-ring (bicyclic) bond motifs is 1. The van der Waals surface area contributed by atoms with Crippen LogP contribution in [0.5, 0.6) is 0 Å². The second-order valence-corrected chi connectivity index (χ2v) is 4.05. The highest BCUT2D eigenvalue weighted by molar-refractivity contribution is 5.97. The molecule has 0 spiro atoms. The summed E-state index contributed by atoms with van der Waals surface area (Å²) in [7, 11) is 0. The van der Waals surface area contributed by atoms with Crippen molar-refractivity contribution in [2.45, 2.75) is 19.3 Å². The average molecular weight is 268 g/mol. The van der Waals surface area contributed by atoms with Gasteiger partial charge in [-0.3, -0.25) is 9.78 Å². The van der Waals surface area contributed by atoms with E-state index in [1.807, 2.05) is 0 Å². The molecule has 1 N–H and O–H groups in total. The number of halogens is 3. The molecule has 1 amide bonds. The van der Waals surface area contributed by atoms with Crippen LogP contribution in [0.2, 0.25) is 0 Å². The van der Waals surface area contributed by atoms with E-state index in [4.69, 9.17) is 0 Å². The van der Waals surface area contributed by atoms with Crippen LogP contribution in [0.4, 0.5) is 18.9 Å². The molecule has 19 heavy (non-hydrogen) atoms. The molecule has 0 atom stereocenters. The Kier molecular flexibility index (Phi) is 3.42. The number of amides is 1. The lowest BCUT2D eigenvalue weighted by Gasteiger charge is -2.13. The largest absolute Gasteiger partial charge is 0.324 e. The minimum Gasteiger partial charge on any atom is -0.319 e. The molecular weight excluding hydrogens is 257 g/mol. The minimum atomic E-state index is -3.43. The van der Waals surface area contributed by atoms with Gasteiger partial charge in [-0.25, -0.2) is 4.39 Å². The predicted molar refractivity (Wildman–Crippen MR) is 65.6 cm³/mol. The SMILES string of the molecule is CCC(F)(F)C(=O)Nc1cnc2c(F)cccc2c1. The molecule has 0 saturated heterocycles. The zero-order valence-corrected chi connectivity index (χ0v) is 10.1. The van der Waals surface area contributed by atoms with Crippen molar-refractivity contribution in [3.8, 4) is 0 Å². The Morgan fingerprint density at radius 1 is 1.42 bits per heavy atom. The molecular formula is C13H11F3N2O. The van der Waals surface area contributed by atoms with E-state index in [0.29, 0.717) is 5.39 Å². The number of carbonyl (C=O) groups excluding carboxylic acids is 1. The number of benzene rings is 1. The van der Waals surface area contributed by atoms with E-state index in [0.717, 1.165) is 6.20 Å². The molecule has 0 aliphatic carbocycles. The fraction of sp³-hybridized carbons (Fsp3) is 0.231. The number of aromatic nitrogens is 1. The van der Waals surface area contributed by atoms with Gasteiger partial charge in [0.15, 0.2) is 0 Å². The van der Waals surface area contributed by atoms with Crippen LogP contribution in [-0.2, 0) is 4.79 Å². The highest BCUT2D eigenvalue weighted by atomic mass is 19.3. The second-order valence-electron chi connectivity index (χ2n) is 4.05. The van der Waals surface area contributed by atoms with Gasteiger partial charge in [-0.1, -0.05) is 19.1 Å². The van der Waals surface area contributed by atoms with Crippen LogP contribution < -0.4 is 5.32 Å². The molecule has 0 aliphatic heterocycles. The molecule has 0 fully saturated rings. The normalized spacial score (nSPS) is 11.6. The number of hydrogen-bond donors (Lipinski definition) is 1. The van der Waals surface area contributed by atoms with Crippen molar-refractivity contribution >= 4 is 22.5 Å². The Morgan fingerprint density at radius 3 is 2.84 bits per heavy atom. The van der Waals surface area contributed by atoms with E-state index in [1.54, 1.807) is 6.07 Å². The van der Waals surface area contributed by atoms with Gasteiger partial charge in [-0.05, 0) is 12.1 Å². The monoisotopic (exact) mass is 268 g/mol. The van der Waals surface area contributed by atoms with Crippen LogP contribution in [0.1, 0.15) is 13.3 Å². The van der Waals surface area contributed by atoms with Crippen LogP contribution in [0.25, 0.3) is 10.9 Å². The highest BCUT2D eigenvalue weighted by Crippen LogP contribution is 2.23. The maximum atomic E-state index is 13.4. The van der Waals surface area contributed by atoms with Crippen LogP contribution in [0.15, 0.2) is 30.5 Å². The first kappa shape index (κ1) is 13.3. The summed E-state index contributed by atoms with van der Waals surface area (Å²) in [5.41, 5.74) is 0.235. The van der Waals surface area contributed by atoms with Gasteiger partial charge in [-0.2, -0.15) is 8.78 Å². The van der Waals surface area contributed by atoms with Crippen molar-refractivity contribution in [2.24, 2.45) is 0 Å². The number of nitrogens with one attached hydrogen (secondary N) is 1. The Bertz CT molecular complexity index is 628. The molecule has 2 rings (SSSR count). The number of carbonyl (C=O) groups is 1. The Labute approximate surface area is 107 Å². The molecule has 0 saturated carbocycles. The van der Waals surface area contributed by atoms with Crippen molar-refractivity contribution in [2.75, 3.05) is 5.32 Å². The lowest BCUT2D eigenvalue weighted by molar-refractivity contribution is -0.139. The summed E-state index contributed by atoms with van der Waals surface area (Å²) in [6.45, 7) is 1.22. The van der Waals surface area contributed by atoms with Gasteiger partial charge < -0.3 is 5.32 Å². The van der Waals surface area contributed by atoms with Crippen molar-refractivity contribution in [3.63, 3.8) is 0 Å². The van der Waals surface area contributed by atoms with Crippen LogP contribution >= 0.6 is 0 Å². The standard InChI is InChI=1S/C13H11F3N2O/c1-2-13(15,16)12(19)18-9-6-8-4-3-5-10(14)11(8)17-7-9/h3-7H,2H2,1H3,(H,18,19). The molecule has 0 unspecified atom stereocenters. The summed E-state index contributed by atoms with van der Waals surface area (Å²) in [5.74, 6) is -5.33. The molecule has 6 heteroatoms.